The number of carbonyl (C=O) groups excluding carboxylic acids is 1. The van der Waals surface area contributed by atoms with Crippen LogP contribution in [0.4, 0.5) is 5.69 Å². The van der Waals surface area contributed by atoms with E-state index in [4.69, 9.17) is 0 Å². The standard InChI is InChI=1S/C20H19NO/c1-21(2)19-11-10-16-13-18(9-8-17(16)14-19)20(22)12-15-6-4-3-5-7-15/h3-11,13-14H,12H2,1-2H3. The van der Waals surface area contributed by atoms with Gasteiger partial charge in [0.05, 0.1) is 0 Å². The summed E-state index contributed by atoms with van der Waals surface area (Å²) in [5, 5.41) is 2.26. The molecule has 0 aliphatic rings. The molecule has 0 atom stereocenters. The Morgan fingerprint density at radius 2 is 1.55 bits per heavy atom. The summed E-state index contributed by atoms with van der Waals surface area (Å²) in [4.78, 5) is 14.5. The van der Waals surface area contributed by atoms with Crippen molar-refractivity contribution in [3.8, 4) is 0 Å². The van der Waals surface area contributed by atoms with Gasteiger partial charge in [0.1, 0.15) is 0 Å². The number of anilines is 1. The normalized spacial score (nSPS) is 10.6. The van der Waals surface area contributed by atoms with Crippen LogP contribution in [0.5, 0.6) is 0 Å². The molecule has 22 heavy (non-hydrogen) atoms. The molecule has 3 aromatic rings. The van der Waals surface area contributed by atoms with Crippen LogP contribution in [-0.4, -0.2) is 19.9 Å². The number of hydrogen-bond acceptors (Lipinski definition) is 2. The minimum Gasteiger partial charge on any atom is -0.378 e. The van der Waals surface area contributed by atoms with E-state index in [1.807, 2.05) is 62.6 Å². The van der Waals surface area contributed by atoms with Crippen molar-refractivity contribution in [3.05, 3.63) is 77.9 Å². The summed E-state index contributed by atoms with van der Waals surface area (Å²) in [6.07, 6.45) is 0.447. The maximum atomic E-state index is 12.4. The largest absolute Gasteiger partial charge is 0.378 e. The molecule has 0 unspecified atom stereocenters. The van der Waals surface area contributed by atoms with E-state index >= 15 is 0 Å². The third-order valence-electron chi connectivity index (χ3n) is 3.87. The van der Waals surface area contributed by atoms with Crippen molar-refractivity contribution in [1.82, 2.24) is 0 Å². The van der Waals surface area contributed by atoms with Gasteiger partial charge in [-0.25, -0.2) is 0 Å². The third-order valence-corrected chi connectivity index (χ3v) is 3.87. The topological polar surface area (TPSA) is 20.3 Å². The molecule has 0 aromatic heterocycles. The summed E-state index contributed by atoms with van der Waals surface area (Å²) in [7, 11) is 4.05. The first-order valence-electron chi connectivity index (χ1n) is 7.42. The van der Waals surface area contributed by atoms with Crippen LogP contribution < -0.4 is 4.90 Å². The zero-order valence-corrected chi connectivity index (χ0v) is 12.9. The van der Waals surface area contributed by atoms with E-state index in [1.165, 1.54) is 0 Å². The zero-order chi connectivity index (χ0) is 15.5. The van der Waals surface area contributed by atoms with Gasteiger partial charge in [0.15, 0.2) is 5.78 Å². The number of benzene rings is 3. The van der Waals surface area contributed by atoms with Crippen molar-refractivity contribution in [2.24, 2.45) is 0 Å². The molecule has 0 aliphatic carbocycles. The lowest BCUT2D eigenvalue weighted by Gasteiger charge is -2.13. The molecule has 0 spiro atoms. The number of hydrogen-bond donors (Lipinski definition) is 0. The lowest BCUT2D eigenvalue weighted by atomic mass is 10.00. The fourth-order valence-corrected chi connectivity index (χ4v) is 2.57. The smallest absolute Gasteiger partial charge is 0.167 e. The molecule has 0 bridgehead atoms. The Kier molecular flexibility index (Phi) is 3.92. The second kappa shape index (κ2) is 6.02. The second-order valence-corrected chi connectivity index (χ2v) is 5.73. The van der Waals surface area contributed by atoms with Crippen molar-refractivity contribution in [2.45, 2.75) is 6.42 Å². The summed E-state index contributed by atoms with van der Waals surface area (Å²) < 4.78 is 0. The van der Waals surface area contributed by atoms with Gasteiger partial charge in [-0.15, -0.1) is 0 Å². The van der Waals surface area contributed by atoms with E-state index in [0.717, 1.165) is 27.6 Å². The highest BCUT2D eigenvalue weighted by Gasteiger charge is 2.08. The van der Waals surface area contributed by atoms with Crippen LogP contribution in [0.2, 0.25) is 0 Å². The molecule has 110 valence electrons. The fraction of sp³-hybridized carbons (Fsp3) is 0.150. The van der Waals surface area contributed by atoms with Crippen LogP contribution in [-0.2, 0) is 6.42 Å². The number of fused-ring (bicyclic) bond motifs is 1. The maximum absolute atomic E-state index is 12.4. The fourth-order valence-electron chi connectivity index (χ4n) is 2.57. The minimum absolute atomic E-state index is 0.157. The third kappa shape index (κ3) is 3.01. The molecule has 0 heterocycles. The van der Waals surface area contributed by atoms with Gasteiger partial charge in [0.2, 0.25) is 0 Å². The van der Waals surface area contributed by atoms with E-state index in [2.05, 4.69) is 23.1 Å². The molecule has 0 aliphatic heterocycles. The molecule has 2 nitrogen and oxygen atoms in total. The second-order valence-electron chi connectivity index (χ2n) is 5.73. The minimum atomic E-state index is 0.157. The van der Waals surface area contributed by atoms with Crippen molar-refractivity contribution in [1.29, 1.82) is 0 Å². The molecule has 0 fully saturated rings. The van der Waals surface area contributed by atoms with Gasteiger partial charge in [0, 0.05) is 31.8 Å². The first kappa shape index (κ1) is 14.3. The predicted octanol–water partition coefficient (Wildman–Crippen LogP) is 4.33. The molecule has 0 amide bonds. The highest BCUT2D eigenvalue weighted by molar-refractivity contribution is 6.01. The number of rotatable bonds is 4. The van der Waals surface area contributed by atoms with Crippen LogP contribution in [0, 0.1) is 0 Å². The SMILES string of the molecule is CN(C)c1ccc2cc(C(=O)Cc3ccccc3)ccc2c1. The highest BCUT2D eigenvalue weighted by atomic mass is 16.1. The summed E-state index contributed by atoms with van der Waals surface area (Å²) in [6, 6.07) is 22.1. The maximum Gasteiger partial charge on any atom is 0.167 e. The van der Waals surface area contributed by atoms with E-state index in [-0.39, 0.29) is 5.78 Å². The monoisotopic (exact) mass is 289 g/mol. The first-order valence-corrected chi connectivity index (χ1v) is 7.42. The Bertz CT molecular complexity index is 806. The van der Waals surface area contributed by atoms with Gasteiger partial charge in [-0.05, 0) is 34.5 Å². The van der Waals surface area contributed by atoms with Crippen LogP contribution in [0.15, 0.2) is 66.7 Å². The number of nitrogens with zero attached hydrogens (tertiary/aromatic N) is 1. The van der Waals surface area contributed by atoms with Gasteiger partial charge >= 0.3 is 0 Å². The van der Waals surface area contributed by atoms with Gasteiger partial charge in [-0.2, -0.15) is 0 Å². The van der Waals surface area contributed by atoms with Gasteiger partial charge in [-0.3, -0.25) is 4.79 Å². The Balaban J connectivity index is 1.88. The van der Waals surface area contributed by atoms with E-state index in [1.54, 1.807) is 0 Å². The first-order chi connectivity index (χ1) is 10.6. The number of Topliss-reactive ketones (excluding diaryl/α,β-unsaturated/α-hetero) is 1. The van der Waals surface area contributed by atoms with Crippen molar-refractivity contribution < 1.29 is 4.79 Å². The molecule has 3 aromatic carbocycles. The highest BCUT2D eigenvalue weighted by Crippen LogP contribution is 2.22. The summed E-state index contributed by atoms with van der Waals surface area (Å²) in [5.41, 5.74) is 2.99. The number of carbonyl (C=O) groups is 1. The molecule has 0 N–H and O–H groups in total. The van der Waals surface area contributed by atoms with E-state index in [9.17, 15) is 4.79 Å². The summed E-state index contributed by atoms with van der Waals surface area (Å²) in [5.74, 6) is 0.157. The predicted molar refractivity (Wildman–Crippen MR) is 92.8 cm³/mol. The molecular weight excluding hydrogens is 270 g/mol. The summed E-state index contributed by atoms with van der Waals surface area (Å²) in [6.45, 7) is 0. The Morgan fingerprint density at radius 3 is 2.27 bits per heavy atom. The zero-order valence-electron chi connectivity index (χ0n) is 12.9. The Labute approximate surface area is 131 Å². The van der Waals surface area contributed by atoms with E-state index in [0.29, 0.717) is 6.42 Å². The Hall–Kier alpha value is -2.61. The molecular formula is C20H19NO. The van der Waals surface area contributed by atoms with Gasteiger partial charge < -0.3 is 4.90 Å². The van der Waals surface area contributed by atoms with E-state index < -0.39 is 0 Å². The van der Waals surface area contributed by atoms with Crippen molar-refractivity contribution in [2.75, 3.05) is 19.0 Å². The van der Waals surface area contributed by atoms with Gasteiger partial charge in [-0.1, -0.05) is 48.5 Å². The van der Waals surface area contributed by atoms with Gasteiger partial charge in [0.25, 0.3) is 0 Å². The van der Waals surface area contributed by atoms with Crippen LogP contribution in [0.25, 0.3) is 10.8 Å². The number of ketones is 1. The summed E-state index contributed by atoms with van der Waals surface area (Å²) >= 11 is 0. The Morgan fingerprint density at radius 1 is 0.864 bits per heavy atom. The lowest BCUT2D eigenvalue weighted by molar-refractivity contribution is 0.0993. The van der Waals surface area contributed by atoms with Crippen LogP contribution in [0.3, 0.4) is 0 Å². The molecule has 0 saturated heterocycles. The van der Waals surface area contributed by atoms with Crippen LogP contribution >= 0.6 is 0 Å². The lowest BCUT2D eigenvalue weighted by Crippen LogP contribution is -2.08. The van der Waals surface area contributed by atoms with Crippen molar-refractivity contribution >= 4 is 22.2 Å². The molecule has 2 heteroatoms. The average molecular weight is 289 g/mol. The quantitative estimate of drug-likeness (QED) is 0.666. The van der Waals surface area contributed by atoms with Crippen LogP contribution in [0.1, 0.15) is 15.9 Å². The molecule has 3 rings (SSSR count). The molecule has 0 saturated carbocycles. The average Bonchev–Trinajstić information content (AvgIpc) is 2.54. The molecule has 0 radical (unpaired) electrons. The van der Waals surface area contributed by atoms with Crippen molar-refractivity contribution in [3.63, 3.8) is 0 Å².